The molecular weight excluding hydrogens is 222 g/mol. The largest absolute Gasteiger partial charge is 0.507 e. The Bertz CT molecular complexity index is 585. The van der Waals surface area contributed by atoms with Crippen LogP contribution in [0, 0.1) is 0 Å². The van der Waals surface area contributed by atoms with Gasteiger partial charge < -0.3 is 14.8 Å². The van der Waals surface area contributed by atoms with Crippen LogP contribution < -0.4 is 0 Å². The summed E-state index contributed by atoms with van der Waals surface area (Å²) in [5.41, 5.74) is 0.706. The summed E-state index contributed by atoms with van der Waals surface area (Å²) in [6.45, 7) is 1.78. The second-order valence-corrected chi connectivity index (χ2v) is 3.47. The number of carbonyl (C=O) groups is 2. The second-order valence-electron chi connectivity index (χ2n) is 3.47. The first-order chi connectivity index (χ1) is 8.13. The van der Waals surface area contributed by atoms with Crippen LogP contribution in [-0.4, -0.2) is 28.4 Å². The standard InChI is InChI=1S/C12H11NO4/c1-2-17-12(16)11(15)9-6-7-8(13-9)4-3-5-10(7)14/h3-6,13-14H,2H2,1H3. The van der Waals surface area contributed by atoms with E-state index in [4.69, 9.17) is 0 Å². The molecule has 1 heterocycles. The maximum absolute atomic E-state index is 11.6. The Labute approximate surface area is 97.0 Å². The van der Waals surface area contributed by atoms with E-state index in [1.54, 1.807) is 19.1 Å². The van der Waals surface area contributed by atoms with Crippen molar-refractivity contribution in [2.75, 3.05) is 6.61 Å². The van der Waals surface area contributed by atoms with Gasteiger partial charge in [-0.2, -0.15) is 0 Å². The molecule has 0 saturated heterocycles. The molecule has 0 fully saturated rings. The van der Waals surface area contributed by atoms with E-state index in [0.717, 1.165) is 0 Å². The summed E-state index contributed by atoms with van der Waals surface area (Å²) < 4.78 is 4.61. The van der Waals surface area contributed by atoms with Gasteiger partial charge in [0.05, 0.1) is 12.3 Å². The minimum Gasteiger partial charge on any atom is -0.507 e. The molecule has 0 amide bonds. The monoisotopic (exact) mass is 233 g/mol. The SMILES string of the molecule is CCOC(=O)C(=O)c1cc2c(O)cccc2[nH]1. The van der Waals surface area contributed by atoms with Gasteiger partial charge in [-0.25, -0.2) is 4.79 Å². The van der Waals surface area contributed by atoms with Crippen LogP contribution in [0.25, 0.3) is 10.9 Å². The van der Waals surface area contributed by atoms with Gasteiger partial charge in [0.1, 0.15) is 5.75 Å². The highest BCUT2D eigenvalue weighted by Gasteiger charge is 2.20. The average molecular weight is 233 g/mol. The number of carbonyl (C=O) groups excluding carboxylic acids is 2. The smallest absolute Gasteiger partial charge is 0.381 e. The van der Waals surface area contributed by atoms with Crippen LogP contribution >= 0.6 is 0 Å². The molecule has 0 atom stereocenters. The Kier molecular flexibility index (Phi) is 2.82. The van der Waals surface area contributed by atoms with Crippen LogP contribution in [-0.2, 0) is 9.53 Å². The van der Waals surface area contributed by atoms with Crippen molar-refractivity contribution in [1.29, 1.82) is 0 Å². The van der Waals surface area contributed by atoms with Gasteiger partial charge in [0.15, 0.2) is 0 Å². The lowest BCUT2D eigenvalue weighted by Gasteiger charge is -1.97. The van der Waals surface area contributed by atoms with Gasteiger partial charge in [-0.3, -0.25) is 4.79 Å². The fourth-order valence-electron chi connectivity index (χ4n) is 1.57. The van der Waals surface area contributed by atoms with Crippen molar-refractivity contribution in [3.8, 4) is 5.75 Å². The van der Waals surface area contributed by atoms with Crippen molar-refractivity contribution >= 4 is 22.7 Å². The number of H-pyrrole nitrogens is 1. The number of nitrogens with one attached hydrogen (secondary N) is 1. The number of phenolic OH excluding ortho intramolecular Hbond substituents is 1. The number of ketones is 1. The molecule has 0 unspecified atom stereocenters. The summed E-state index contributed by atoms with van der Waals surface area (Å²) in [6, 6.07) is 6.29. The van der Waals surface area contributed by atoms with E-state index in [2.05, 4.69) is 9.72 Å². The van der Waals surface area contributed by atoms with E-state index in [0.29, 0.717) is 10.9 Å². The summed E-state index contributed by atoms with van der Waals surface area (Å²) in [6.07, 6.45) is 0. The second kappa shape index (κ2) is 4.29. The number of aromatic amines is 1. The summed E-state index contributed by atoms with van der Waals surface area (Å²) in [4.78, 5) is 25.6. The van der Waals surface area contributed by atoms with Crippen molar-refractivity contribution in [2.45, 2.75) is 6.92 Å². The molecule has 0 aliphatic rings. The first-order valence-electron chi connectivity index (χ1n) is 5.15. The molecule has 88 valence electrons. The number of aromatic nitrogens is 1. The van der Waals surface area contributed by atoms with Gasteiger partial charge in [-0.15, -0.1) is 0 Å². The summed E-state index contributed by atoms with van der Waals surface area (Å²) in [5.74, 6) is -1.59. The lowest BCUT2D eigenvalue weighted by Crippen LogP contribution is -2.17. The molecule has 1 aromatic heterocycles. The molecule has 2 rings (SSSR count). The van der Waals surface area contributed by atoms with E-state index in [1.165, 1.54) is 12.1 Å². The molecule has 2 aromatic rings. The van der Waals surface area contributed by atoms with E-state index in [1.807, 2.05) is 0 Å². The Morgan fingerprint density at radius 2 is 2.18 bits per heavy atom. The number of benzene rings is 1. The fraction of sp³-hybridized carbons (Fsp3) is 0.167. The maximum atomic E-state index is 11.6. The molecule has 0 aliphatic heterocycles. The number of hydrogen-bond donors (Lipinski definition) is 2. The highest BCUT2D eigenvalue weighted by molar-refractivity contribution is 6.40. The van der Waals surface area contributed by atoms with Gasteiger partial charge >= 0.3 is 5.97 Å². The Morgan fingerprint density at radius 1 is 1.41 bits per heavy atom. The van der Waals surface area contributed by atoms with Crippen molar-refractivity contribution in [3.63, 3.8) is 0 Å². The predicted octanol–water partition coefficient (Wildman–Crippen LogP) is 1.62. The quantitative estimate of drug-likeness (QED) is 0.479. The maximum Gasteiger partial charge on any atom is 0.381 e. The fourth-order valence-corrected chi connectivity index (χ4v) is 1.57. The Balaban J connectivity index is 2.40. The Hall–Kier alpha value is -2.30. The highest BCUT2D eigenvalue weighted by Crippen LogP contribution is 2.25. The zero-order valence-electron chi connectivity index (χ0n) is 9.19. The lowest BCUT2D eigenvalue weighted by atomic mass is 10.2. The van der Waals surface area contributed by atoms with Crippen LogP contribution in [0.15, 0.2) is 24.3 Å². The molecule has 1 aromatic carbocycles. The molecule has 0 bridgehead atoms. The molecule has 17 heavy (non-hydrogen) atoms. The molecule has 0 radical (unpaired) electrons. The molecule has 0 saturated carbocycles. The number of rotatable bonds is 3. The minimum atomic E-state index is -0.904. The van der Waals surface area contributed by atoms with E-state index in [-0.39, 0.29) is 18.1 Å². The normalized spacial score (nSPS) is 10.4. The van der Waals surface area contributed by atoms with Crippen molar-refractivity contribution < 1.29 is 19.4 Å². The van der Waals surface area contributed by atoms with Crippen LogP contribution in [0.5, 0.6) is 5.75 Å². The summed E-state index contributed by atoms with van der Waals surface area (Å²) >= 11 is 0. The zero-order valence-corrected chi connectivity index (χ0v) is 9.19. The number of phenols is 1. The van der Waals surface area contributed by atoms with E-state index in [9.17, 15) is 14.7 Å². The summed E-state index contributed by atoms with van der Waals surface area (Å²) in [5, 5.41) is 10.1. The first-order valence-corrected chi connectivity index (χ1v) is 5.15. The molecular formula is C12H11NO4. The third-order valence-corrected chi connectivity index (χ3v) is 2.35. The zero-order chi connectivity index (χ0) is 12.4. The number of fused-ring (bicyclic) bond motifs is 1. The molecule has 2 N–H and O–H groups in total. The third-order valence-electron chi connectivity index (χ3n) is 2.35. The van der Waals surface area contributed by atoms with Crippen LogP contribution in [0.2, 0.25) is 0 Å². The highest BCUT2D eigenvalue weighted by atomic mass is 16.5. The lowest BCUT2D eigenvalue weighted by molar-refractivity contribution is -0.137. The van der Waals surface area contributed by atoms with Crippen molar-refractivity contribution in [1.82, 2.24) is 4.98 Å². The van der Waals surface area contributed by atoms with Crippen molar-refractivity contribution in [2.24, 2.45) is 0 Å². The van der Waals surface area contributed by atoms with Crippen LogP contribution in [0.1, 0.15) is 17.4 Å². The molecule has 0 aliphatic carbocycles. The minimum absolute atomic E-state index is 0.0571. The first kappa shape index (κ1) is 11.2. The average Bonchev–Trinajstić information content (AvgIpc) is 2.73. The number of aromatic hydroxyl groups is 1. The number of Topliss-reactive ketones (excluding diaryl/α,β-unsaturated/α-hetero) is 1. The van der Waals surface area contributed by atoms with Gasteiger partial charge in [-0.05, 0) is 25.1 Å². The predicted molar refractivity (Wildman–Crippen MR) is 60.9 cm³/mol. The third kappa shape index (κ3) is 1.99. The van der Waals surface area contributed by atoms with E-state index >= 15 is 0 Å². The van der Waals surface area contributed by atoms with Crippen molar-refractivity contribution in [3.05, 3.63) is 30.0 Å². The van der Waals surface area contributed by atoms with Crippen LogP contribution in [0.3, 0.4) is 0 Å². The Morgan fingerprint density at radius 3 is 2.82 bits per heavy atom. The van der Waals surface area contributed by atoms with E-state index < -0.39 is 11.8 Å². The summed E-state index contributed by atoms with van der Waals surface area (Å²) in [7, 11) is 0. The van der Waals surface area contributed by atoms with Gasteiger partial charge in [0.25, 0.3) is 5.78 Å². The molecule has 5 nitrogen and oxygen atoms in total. The molecule has 0 spiro atoms. The number of hydrogen-bond acceptors (Lipinski definition) is 4. The molecule has 5 heteroatoms. The number of ether oxygens (including phenoxy) is 1. The van der Waals surface area contributed by atoms with Gasteiger partial charge in [0, 0.05) is 10.9 Å². The number of esters is 1. The van der Waals surface area contributed by atoms with Crippen LogP contribution in [0.4, 0.5) is 0 Å². The van der Waals surface area contributed by atoms with Gasteiger partial charge in [-0.1, -0.05) is 6.07 Å². The topological polar surface area (TPSA) is 79.4 Å². The van der Waals surface area contributed by atoms with Gasteiger partial charge in [0.2, 0.25) is 0 Å².